The second-order valence-corrected chi connectivity index (χ2v) is 6.34. The van der Waals surface area contributed by atoms with E-state index >= 15 is 0 Å². The fraction of sp³-hybridized carbons (Fsp3) is 0.385. The van der Waals surface area contributed by atoms with Crippen molar-refractivity contribution in [2.24, 2.45) is 0 Å². The van der Waals surface area contributed by atoms with Crippen molar-refractivity contribution in [1.29, 1.82) is 0 Å². The lowest BCUT2D eigenvalue weighted by Crippen LogP contribution is -2.08. The zero-order valence-corrected chi connectivity index (χ0v) is 12.4. The smallest absolute Gasteiger partial charge is 0.306 e. The first-order valence-corrected chi connectivity index (χ1v) is 7.77. The van der Waals surface area contributed by atoms with Gasteiger partial charge < -0.3 is 9.15 Å². The number of rotatable bonds is 6. The summed E-state index contributed by atoms with van der Waals surface area (Å²) in [5.74, 6) is 0.629. The molecule has 0 radical (unpaired) electrons. The first-order valence-electron chi connectivity index (χ1n) is 5.84. The Morgan fingerprint density at radius 2 is 2.47 bits per heavy atom. The highest BCUT2D eigenvalue weighted by atomic mass is 32.2. The van der Waals surface area contributed by atoms with Gasteiger partial charge in [0, 0.05) is 21.9 Å². The largest absolute Gasteiger partial charge is 0.472 e. The molecule has 0 N–H and O–H groups in total. The van der Waals surface area contributed by atoms with E-state index in [0.717, 1.165) is 22.0 Å². The van der Waals surface area contributed by atoms with Crippen molar-refractivity contribution in [3.8, 4) is 10.6 Å². The maximum Gasteiger partial charge on any atom is 0.306 e. The molecule has 19 heavy (non-hydrogen) atoms. The maximum atomic E-state index is 11.1. The summed E-state index contributed by atoms with van der Waals surface area (Å²) >= 11 is 3.30. The molecule has 6 heteroatoms. The van der Waals surface area contributed by atoms with E-state index in [4.69, 9.17) is 4.42 Å². The summed E-state index contributed by atoms with van der Waals surface area (Å²) in [6.45, 7) is 2.02. The summed E-state index contributed by atoms with van der Waals surface area (Å²) < 4.78 is 9.69. The minimum atomic E-state index is -0.169. The molecule has 0 aliphatic carbocycles. The quantitative estimate of drug-likeness (QED) is 0.763. The molecule has 0 aliphatic rings. The molecule has 2 rings (SSSR count). The van der Waals surface area contributed by atoms with Crippen LogP contribution in [-0.2, 0) is 15.3 Å². The lowest BCUT2D eigenvalue weighted by Gasteiger charge is -2.08. The van der Waals surface area contributed by atoms with Crippen molar-refractivity contribution < 1.29 is 13.9 Å². The number of hydrogen-bond acceptors (Lipinski definition) is 6. The standard InChI is InChI=1S/C13H15NO3S2/c1-9(5-12(15)16-2)18-7-11-8-19-13(14-11)10-3-4-17-6-10/h3-4,6,8-9H,5,7H2,1-2H3/t9-/m0/s1. The molecule has 0 saturated heterocycles. The van der Waals surface area contributed by atoms with E-state index < -0.39 is 0 Å². The number of methoxy groups -OCH3 is 1. The minimum absolute atomic E-state index is 0.169. The van der Waals surface area contributed by atoms with Crippen LogP contribution in [0.2, 0.25) is 0 Å². The van der Waals surface area contributed by atoms with Crippen LogP contribution in [-0.4, -0.2) is 23.3 Å². The van der Waals surface area contributed by atoms with Crippen molar-refractivity contribution in [2.45, 2.75) is 24.3 Å². The van der Waals surface area contributed by atoms with Gasteiger partial charge in [0.2, 0.25) is 0 Å². The molecule has 0 amide bonds. The highest BCUT2D eigenvalue weighted by Gasteiger charge is 2.11. The molecule has 2 aromatic heterocycles. The summed E-state index contributed by atoms with van der Waals surface area (Å²) in [6.07, 6.45) is 3.76. The topological polar surface area (TPSA) is 52.3 Å². The highest BCUT2D eigenvalue weighted by molar-refractivity contribution is 7.99. The van der Waals surface area contributed by atoms with Crippen molar-refractivity contribution in [2.75, 3.05) is 7.11 Å². The van der Waals surface area contributed by atoms with E-state index in [-0.39, 0.29) is 11.2 Å². The van der Waals surface area contributed by atoms with Gasteiger partial charge in [0.05, 0.1) is 25.5 Å². The van der Waals surface area contributed by atoms with Gasteiger partial charge in [-0.25, -0.2) is 4.98 Å². The average Bonchev–Trinajstić information content (AvgIpc) is 3.06. The number of carbonyl (C=O) groups excluding carboxylic acids is 1. The maximum absolute atomic E-state index is 11.1. The predicted octanol–water partition coefficient (Wildman–Crippen LogP) is 3.59. The van der Waals surface area contributed by atoms with Gasteiger partial charge in [-0.3, -0.25) is 4.79 Å². The third-order valence-corrected chi connectivity index (χ3v) is 4.66. The minimum Gasteiger partial charge on any atom is -0.472 e. The van der Waals surface area contributed by atoms with Crippen LogP contribution in [0.4, 0.5) is 0 Å². The summed E-state index contributed by atoms with van der Waals surface area (Å²) in [5.41, 5.74) is 2.03. The number of aromatic nitrogens is 1. The molecule has 0 unspecified atom stereocenters. The van der Waals surface area contributed by atoms with Crippen LogP contribution in [0, 0.1) is 0 Å². The van der Waals surface area contributed by atoms with Crippen LogP contribution in [0.3, 0.4) is 0 Å². The molecule has 1 atom stereocenters. The SMILES string of the molecule is COC(=O)C[C@H](C)SCc1csc(-c2ccoc2)n1. The van der Waals surface area contributed by atoms with Gasteiger partial charge in [-0.05, 0) is 6.07 Å². The molecular weight excluding hydrogens is 282 g/mol. The van der Waals surface area contributed by atoms with E-state index in [2.05, 4.69) is 9.72 Å². The predicted molar refractivity (Wildman–Crippen MR) is 77.2 cm³/mol. The van der Waals surface area contributed by atoms with Crippen molar-refractivity contribution in [3.63, 3.8) is 0 Å². The molecule has 0 bridgehead atoms. The number of hydrogen-bond donors (Lipinski definition) is 0. The number of carbonyl (C=O) groups is 1. The van der Waals surface area contributed by atoms with Crippen LogP contribution in [0.5, 0.6) is 0 Å². The Balaban J connectivity index is 1.85. The fourth-order valence-corrected chi connectivity index (χ4v) is 3.27. The summed E-state index contributed by atoms with van der Waals surface area (Å²) in [7, 11) is 1.41. The molecular formula is C13H15NO3S2. The normalized spacial score (nSPS) is 12.3. The average molecular weight is 297 g/mol. The molecule has 0 spiro atoms. The Hall–Kier alpha value is -1.27. The van der Waals surface area contributed by atoms with Gasteiger partial charge in [0.25, 0.3) is 0 Å². The van der Waals surface area contributed by atoms with E-state index in [1.54, 1.807) is 35.6 Å². The van der Waals surface area contributed by atoms with E-state index in [0.29, 0.717) is 6.42 Å². The van der Waals surface area contributed by atoms with E-state index in [1.165, 1.54) is 7.11 Å². The third-order valence-electron chi connectivity index (χ3n) is 2.52. The van der Waals surface area contributed by atoms with E-state index in [1.807, 2.05) is 18.4 Å². The summed E-state index contributed by atoms with van der Waals surface area (Å²) in [4.78, 5) is 15.7. The number of ether oxygens (including phenoxy) is 1. The lowest BCUT2D eigenvalue weighted by atomic mass is 10.3. The van der Waals surface area contributed by atoms with Gasteiger partial charge in [-0.1, -0.05) is 6.92 Å². The first kappa shape index (κ1) is 14.1. The Morgan fingerprint density at radius 3 is 3.16 bits per heavy atom. The number of nitrogens with zero attached hydrogens (tertiary/aromatic N) is 1. The summed E-state index contributed by atoms with van der Waals surface area (Å²) in [6, 6.07) is 1.90. The first-order chi connectivity index (χ1) is 9.19. The fourth-order valence-electron chi connectivity index (χ4n) is 1.50. The summed E-state index contributed by atoms with van der Waals surface area (Å²) in [5, 5.41) is 3.23. The van der Waals surface area contributed by atoms with Gasteiger partial charge >= 0.3 is 5.97 Å². The van der Waals surface area contributed by atoms with Crippen LogP contribution >= 0.6 is 23.1 Å². The van der Waals surface area contributed by atoms with Crippen molar-refractivity contribution in [3.05, 3.63) is 29.7 Å². The molecule has 2 heterocycles. The molecule has 0 saturated carbocycles. The van der Waals surface area contributed by atoms with Crippen LogP contribution in [0.1, 0.15) is 19.0 Å². The van der Waals surface area contributed by atoms with Gasteiger partial charge in [0.1, 0.15) is 11.3 Å². The van der Waals surface area contributed by atoms with Gasteiger partial charge in [0.15, 0.2) is 0 Å². The van der Waals surface area contributed by atoms with Gasteiger partial charge in [-0.2, -0.15) is 11.8 Å². The van der Waals surface area contributed by atoms with E-state index in [9.17, 15) is 4.79 Å². The molecule has 0 fully saturated rings. The number of thiazole rings is 1. The Labute approximate surface area is 120 Å². The van der Waals surface area contributed by atoms with Gasteiger partial charge in [-0.15, -0.1) is 11.3 Å². The molecule has 2 aromatic rings. The molecule has 4 nitrogen and oxygen atoms in total. The highest BCUT2D eigenvalue weighted by Crippen LogP contribution is 2.27. The number of furan rings is 1. The monoisotopic (exact) mass is 297 g/mol. The molecule has 0 aromatic carbocycles. The zero-order valence-electron chi connectivity index (χ0n) is 10.8. The second-order valence-electron chi connectivity index (χ2n) is 4.06. The number of thioether (sulfide) groups is 1. The third kappa shape index (κ3) is 4.11. The van der Waals surface area contributed by atoms with Crippen LogP contribution in [0.15, 0.2) is 28.4 Å². The molecule has 0 aliphatic heterocycles. The molecule has 102 valence electrons. The lowest BCUT2D eigenvalue weighted by molar-refractivity contribution is -0.140. The Bertz CT molecular complexity index is 522. The van der Waals surface area contributed by atoms with Crippen molar-refractivity contribution >= 4 is 29.1 Å². The van der Waals surface area contributed by atoms with Crippen LogP contribution < -0.4 is 0 Å². The zero-order chi connectivity index (χ0) is 13.7. The van der Waals surface area contributed by atoms with Crippen LogP contribution in [0.25, 0.3) is 10.6 Å². The Kier molecular flexibility index (Phi) is 5.04. The van der Waals surface area contributed by atoms with Crippen molar-refractivity contribution in [1.82, 2.24) is 4.98 Å². The second kappa shape index (κ2) is 6.77. The number of esters is 1. The Morgan fingerprint density at radius 1 is 1.63 bits per heavy atom.